The van der Waals surface area contributed by atoms with Gasteiger partial charge in [-0.1, -0.05) is 57.4 Å². The van der Waals surface area contributed by atoms with Crippen LogP contribution in [0.5, 0.6) is 0 Å². The molecule has 1 heterocycles. The summed E-state index contributed by atoms with van der Waals surface area (Å²) >= 11 is 0. The third kappa shape index (κ3) is 5.50. The van der Waals surface area contributed by atoms with Crippen LogP contribution in [-0.4, -0.2) is 24.3 Å². The molecule has 1 aromatic carbocycles. The molecule has 0 amide bonds. The highest BCUT2D eigenvalue weighted by atomic mass is 16.5. The molecule has 0 fully saturated rings. The lowest BCUT2D eigenvalue weighted by atomic mass is 9.93. The maximum atomic E-state index is 6.09. The molecule has 6 N–H and O–H groups in total. The molecule has 140 valence electrons. The van der Waals surface area contributed by atoms with Crippen LogP contribution >= 0.6 is 0 Å². The summed E-state index contributed by atoms with van der Waals surface area (Å²) in [5.41, 5.74) is 20.3. The Morgan fingerprint density at radius 3 is 2.58 bits per heavy atom. The summed E-state index contributed by atoms with van der Waals surface area (Å²) in [7, 11) is 0. The molecular formula is C19H28N6O. The molecule has 0 bridgehead atoms. The second-order valence-electron chi connectivity index (χ2n) is 6.46. The van der Waals surface area contributed by atoms with Gasteiger partial charge in [-0.05, 0) is 17.9 Å². The average Bonchev–Trinajstić information content (AvgIpc) is 2.61. The van der Waals surface area contributed by atoms with Gasteiger partial charge >= 0.3 is 0 Å². The average molecular weight is 356 g/mol. The summed E-state index contributed by atoms with van der Waals surface area (Å²) < 4.78 is 5.32. The van der Waals surface area contributed by atoms with E-state index in [2.05, 4.69) is 41.0 Å². The van der Waals surface area contributed by atoms with Crippen LogP contribution in [-0.2, 0) is 4.74 Å². The molecular weight excluding hydrogens is 328 g/mol. The lowest BCUT2D eigenvalue weighted by Crippen LogP contribution is -2.58. The van der Waals surface area contributed by atoms with Crippen LogP contribution in [0.3, 0.4) is 0 Å². The predicted octanol–water partition coefficient (Wildman–Crippen LogP) is 2.58. The normalized spacial score (nSPS) is 19.8. The highest BCUT2D eigenvalue weighted by Gasteiger charge is 2.29. The largest absolute Gasteiger partial charge is 0.443 e. The van der Waals surface area contributed by atoms with Gasteiger partial charge in [0, 0.05) is 5.56 Å². The summed E-state index contributed by atoms with van der Waals surface area (Å²) in [4.78, 5) is 12.0. The zero-order valence-corrected chi connectivity index (χ0v) is 15.4. The lowest BCUT2D eigenvalue weighted by molar-refractivity contribution is 0.153. The number of nitrogens with zero attached hydrogens (tertiary/aromatic N) is 3. The van der Waals surface area contributed by atoms with Crippen molar-refractivity contribution in [2.75, 3.05) is 0 Å². The van der Waals surface area contributed by atoms with Crippen LogP contribution in [0.25, 0.3) is 0 Å². The molecule has 0 aliphatic carbocycles. The predicted molar refractivity (Wildman–Crippen MR) is 107 cm³/mol. The fourth-order valence-electron chi connectivity index (χ4n) is 2.70. The van der Waals surface area contributed by atoms with Crippen LogP contribution in [0.4, 0.5) is 0 Å². The summed E-state index contributed by atoms with van der Waals surface area (Å²) in [6, 6.07) is 8.03. The molecule has 7 heteroatoms. The molecule has 0 radical (unpaired) electrons. The van der Waals surface area contributed by atoms with Gasteiger partial charge in [-0.25, -0.2) is 15.0 Å². The van der Waals surface area contributed by atoms with Gasteiger partial charge in [-0.3, -0.25) is 11.5 Å². The second-order valence-corrected chi connectivity index (χ2v) is 6.46. The standard InChI is InChI=1S/C19H28N6O/c1-3-4-5-6-14(2)15-7-9-16(10-8-15)18-19(21,22)26-13-23-12-25-17(20)11-24-18/h7-14H,3-6,20-22H2,1-2H3/b17-11+,23-13?,24-18?,25-12?/t14-/m0/s1. The summed E-state index contributed by atoms with van der Waals surface area (Å²) in [6.07, 6.45) is 8.63. The highest BCUT2D eigenvalue weighted by Crippen LogP contribution is 2.23. The van der Waals surface area contributed by atoms with Crippen molar-refractivity contribution < 1.29 is 4.74 Å². The van der Waals surface area contributed by atoms with E-state index >= 15 is 0 Å². The Balaban J connectivity index is 2.26. The quantitative estimate of drug-likeness (QED) is 0.535. The number of benzene rings is 1. The zero-order chi connectivity index (χ0) is 19.0. The van der Waals surface area contributed by atoms with E-state index in [1.807, 2.05) is 12.1 Å². The number of hydrogen-bond donors (Lipinski definition) is 3. The summed E-state index contributed by atoms with van der Waals surface area (Å²) in [5, 5.41) is 0. The maximum absolute atomic E-state index is 6.09. The minimum absolute atomic E-state index is 0.193. The van der Waals surface area contributed by atoms with E-state index in [1.165, 1.54) is 43.8 Å². The molecule has 0 spiro atoms. The van der Waals surface area contributed by atoms with Crippen molar-refractivity contribution in [1.82, 2.24) is 0 Å². The van der Waals surface area contributed by atoms with Gasteiger partial charge in [0.2, 0.25) is 0 Å². The van der Waals surface area contributed by atoms with E-state index in [0.29, 0.717) is 11.6 Å². The number of aliphatic imine (C=N–C) groups is 3. The van der Waals surface area contributed by atoms with Crippen LogP contribution < -0.4 is 17.2 Å². The van der Waals surface area contributed by atoms with Crippen LogP contribution in [0.2, 0.25) is 0 Å². The van der Waals surface area contributed by atoms with Gasteiger partial charge in [0.15, 0.2) is 6.40 Å². The Morgan fingerprint density at radius 2 is 1.88 bits per heavy atom. The number of ether oxygens (including phenoxy) is 1. The topological polar surface area (TPSA) is 124 Å². The Labute approximate surface area is 154 Å². The number of unbranched alkanes of at least 4 members (excludes halogenated alkanes) is 2. The zero-order valence-electron chi connectivity index (χ0n) is 15.4. The minimum atomic E-state index is -1.64. The smallest absolute Gasteiger partial charge is 0.258 e. The first-order valence-corrected chi connectivity index (χ1v) is 8.88. The molecule has 0 aromatic heterocycles. The highest BCUT2D eigenvalue weighted by molar-refractivity contribution is 6.06. The fraction of sp³-hybridized carbons (Fsp3) is 0.421. The molecule has 0 unspecified atom stereocenters. The molecule has 1 aromatic rings. The molecule has 1 aliphatic rings. The van der Waals surface area contributed by atoms with E-state index in [9.17, 15) is 0 Å². The minimum Gasteiger partial charge on any atom is -0.443 e. The third-order valence-electron chi connectivity index (χ3n) is 4.27. The van der Waals surface area contributed by atoms with Crippen molar-refractivity contribution in [3.05, 3.63) is 47.4 Å². The molecule has 7 nitrogen and oxygen atoms in total. The van der Waals surface area contributed by atoms with Crippen molar-refractivity contribution in [3.63, 3.8) is 0 Å². The second kappa shape index (κ2) is 9.26. The summed E-state index contributed by atoms with van der Waals surface area (Å²) in [5.74, 6) is -0.950. The molecule has 0 saturated carbocycles. The molecule has 1 atom stereocenters. The number of nitrogens with two attached hydrogens (primary N) is 3. The van der Waals surface area contributed by atoms with Crippen LogP contribution in [0.15, 0.2) is 51.3 Å². The maximum Gasteiger partial charge on any atom is 0.258 e. The Bertz CT molecular complexity index is 703. The van der Waals surface area contributed by atoms with Crippen LogP contribution in [0, 0.1) is 0 Å². The van der Waals surface area contributed by atoms with Crippen molar-refractivity contribution in [3.8, 4) is 0 Å². The van der Waals surface area contributed by atoms with Gasteiger partial charge in [0.1, 0.15) is 17.9 Å². The number of rotatable bonds is 6. The fourth-order valence-corrected chi connectivity index (χ4v) is 2.70. The Kier molecular flexibility index (Phi) is 7.06. The van der Waals surface area contributed by atoms with Gasteiger partial charge in [-0.15, -0.1) is 0 Å². The molecule has 0 saturated heterocycles. The monoisotopic (exact) mass is 356 g/mol. The molecule has 26 heavy (non-hydrogen) atoms. The van der Waals surface area contributed by atoms with Crippen molar-refractivity contribution in [1.29, 1.82) is 0 Å². The first-order chi connectivity index (χ1) is 12.4. The van der Waals surface area contributed by atoms with Crippen molar-refractivity contribution >= 4 is 18.5 Å². The molecule has 1 aliphatic heterocycles. The van der Waals surface area contributed by atoms with Gasteiger partial charge < -0.3 is 10.5 Å². The van der Waals surface area contributed by atoms with E-state index in [1.54, 1.807) is 0 Å². The van der Waals surface area contributed by atoms with Crippen LogP contribution in [0.1, 0.15) is 56.6 Å². The van der Waals surface area contributed by atoms with Gasteiger partial charge in [0.25, 0.3) is 5.85 Å². The Morgan fingerprint density at radius 1 is 1.15 bits per heavy atom. The van der Waals surface area contributed by atoms with E-state index < -0.39 is 5.85 Å². The third-order valence-corrected chi connectivity index (χ3v) is 4.27. The van der Waals surface area contributed by atoms with E-state index in [0.717, 1.165) is 12.0 Å². The van der Waals surface area contributed by atoms with Crippen molar-refractivity contribution in [2.45, 2.75) is 51.3 Å². The summed E-state index contributed by atoms with van der Waals surface area (Å²) in [6.45, 7) is 4.45. The first kappa shape index (κ1) is 19.8. The Hall–Kier alpha value is -2.51. The molecule has 2 rings (SSSR count). The number of hydrogen-bond acceptors (Lipinski definition) is 7. The lowest BCUT2D eigenvalue weighted by Gasteiger charge is -2.25. The van der Waals surface area contributed by atoms with Crippen molar-refractivity contribution in [2.24, 2.45) is 32.2 Å². The first-order valence-electron chi connectivity index (χ1n) is 8.88. The van der Waals surface area contributed by atoms with Gasteiger partial charge in [0.05, 0.1) is 6.20 Å². The SMILES string of the molecule is CCCCC[C@H](C)c1ccc(C2=N/C=C(\N)N=CN=COC2(N)N)cc1. The van der Waals surface area contributed by atoms with E-state index in [4.69, 9.17) is 21.9 Å². The van der Waals surface area contributed by atoms with E-state index in [-0.39, 0.29) is 5.82 Å². The van der Waals surface area contributed by atoms with Gasteiger partial charge in [-0.2, -0.15) is 0 Å².